The number of hydrogen-bond acceptors (Lipinski definition) is 4. The van der Waals surface area contributed by atoms with E-state index in [1.165, 1.54) is 18.2 Å². The van der Waals surface area contributed by atoms with Crippen LogP contribution < -0.4 is 14.4 Å². The number of nitrogens with zero attached hydrogens (tertiary/aromatic N) is 1. The number of hydrogen-bond donors (Lipinski definition) is 1. The molecule has 3 aromatic rings. The number of amides is 1. The van der Waals surface area contributed by atoms with Gasteiger partial charge < -0.3 is 10.1 Å². The lowest BCUT2D eigenvalue weighted by molar-refractivity contribution is -0.122. The molecule has 3 rings (SSSR count). The van der Waals surface area contributed by atoms with Crippen molar-refractivity contribution < 1.29 is 17.9 Å². The second kappa shape index (κ2) is 10.4. The van der Waals surface area contributed by atoms with Crippen LogP contribution in [0.4, 0.5) is 5.69 Å². The molecule has 0 spiro atoms. The molecule has 1 atom stereocenters. The van der Waals surface area contributed by atoms with Crippen LogP contribution in [0.25, 0.3) is 10.8 Å². The first-order valence-electron chi connectivity index (χ1n) is 10.0. The molecule has 0 aliphatic rings. The molecule has 0 aromatic heterocycles. The van der Waals surface area contributed by atoms with Gasteiger partial charge in [0.25, 0.3) is 0 Å². The number of anilines is 1. The molecule has 1 amide bonds. The van der Waals surface area contributed by atoms with Crippen molar-refractivity contribution in [3.63, 3.8) is 0 Å². The number of ether oxygens (including phenoxy) is 1. The van der Waals surface area contributed by atoms with Crippen LogP contribution >= 0.6 is 23.2 Å². The van der Waals surface area contributed by atoms with Crippen LogP contribution in [0.5, 0.6) is 5.75 Å². The highest BCUT2D eigenvalue weighted by molar-refractivity contribution is 7.92. The smallest absolute Gasteiger partial charge is 0.244 e. The number of nitrogens with one attached hydrogen (secondary N) is 1. The van der Waals surface area contributed by atoms with E-state index in [2.05, 4.69) is 5.32 Å². The fourth-order valence-electron chi connectivity index (χ4n) is 3.46. The third-order valence-corrected chi connectivity index (χ3v) is 6.81. The van der Waals surface area contributed by atoms with Gasteiger partial charge in [0.2, 0.25) is 15.9 Å². The molecule has 0 fully saturated rings. The summed E-state index contributed by atoms with van der Waals surface area (Å²) < 4.78 is 31.9. The van der Waals surface area contributed by atoms with Crippen molar-refractivity contribution in [2.45, 2.75) is 19.4 Å². The third kappa shape index (κ3) is 5.65. The summed E-state index contributed by atoms with van der Waals surface area (Å²) >= 11 is 12.0. The van der Waals surface area contributed by atoms with Crippen molar-refractivity contribution in [3.05, 3.63) is 70.7 Å². The van der Waals surface area contributed by atoms with Crippen molar-refractivity contribution in [1.29, 1.82) is 0 Å². The lowest BCUT2D eigenvalue weighted by atomic mass is 10.1. The molecule has 1 N–H and O–H groups in total. The topological polar surface area (TPSA) is 75.7 Å². The Kier molecular flexibility index (Phi) is 7.87. The lowest BCUT2D eigenvalue weighted by Crippen LogP contribution is -2.50. The molecule has 0 saturated carbocycles. The molecule has 0 aliphatic heterocycles. The Bertz CT molecular complexity index is 1210. The predicted molar refractivity (Wildman–Crippen MR) is 130 cm³/mol. The number of fused-ring (bicyclic) bond motifs is 1. The number of halogens is 2. The summed E-state index contributed by atoms with van der Waals surface area (Å²) in [4.78, 5) is 12.9. The minimum absolute atomic E-state index is 0.205. The molecular weight excluding hydrogens is 471 g/mol. The Morgan fingerprint density at radius 3 is 2.47 bits per heavy atom. The lowest BCUT2D eigenvalue weighted by Gasteiger charge is -2.30. The maximum absolute atomic E-state index is 12.9. The number of sulfonamides is 1. The van der Waals surface area contributed by atoms with E-state index in [1.54, 1.807) is 6.92 Å². The van der Waals surface area contributed by atoms with Gasteiger partial charge in [-0.1, -0.05) is 66.5 Å². The SMILES string of the molecule is CC[C@@H](C(=O)NCCOc1cccc2ccccc12)N(c1ccc(Cl)c(Cl)c1)S(C)(=O)=O. The van der Waals surface area contributed by atoms with E-state index in [1.807, 2.05) is 42.5 Å². The number of carbonyl (C=O) groups is 1. The van der Waals surface area contributed by atoms with Crippen LogP contribution in [-0.2, 0) is 14.8 Å². The van der Waals surface area contributed by atoms with Gasteiger partial charge in [0.15, 0.2) is 0 Å². The van der Waals surface area contributed by atoms with E-state index >= 15 is 0 Å². The summed E-state index contributed by atoms with van der Waals surface area (Å²) in [5.41, 5.74) is 0.274. The third-order valence-electron chi connectivity index (χ3n) is 4.90. The zero-order valence-corrected chi connectivity index (χ0v) is 20.0. The van der Waals surface area contributed by atoms with Gasteiger partial charge in [0.1, 0.15) is 18.4 Å². The zero-order chi connectivity index (χ0) is 23.3. The molecule has 0 radical (unpaired) electrons. The summed E-state index contributed by atoms with van der Waals surface area (Å²) in [6.45, 7) is 2.20. The van der Waals surface area contributed by atoms with Gasteiger partial charge in [-0.25, -0.2) is 8.42 Å². The van der Waals surface area contributed by atoms with Gasteiger partial charge in [0, 0.05) is 5.39 Å². The maximum Gasteiger partial charge on any atom is 0.244 e. The van der Waals surface area contributed by atoms with Crippen molar-refractivity contribution in [3.8, 4) is 5.75 Å². The highest BCUT2D eigenvalue weighted by Gasteiger charge is 2.31. The van der Waals surface area contributed by atoms with E-state index in [0.717, 1.165) is 27.1 Å². The van der Waals surface area contributed by atoms with E-state index in [9.17, 15) is 13.2 Å². The van der Waals surface area contributed by atoms with Gasteiger partial charge in [-0.15, -0.1) is 0 Å². The van der Waals surface area contributed by atoms with E-state index < -0.39 is 22.0 Å². The second-order valence-corrected chi connectivity index (χ2v) is 9.87. The minimum Gasteiger partial charge on any atom is -0.491 e. The second-order valence-electron chi connectivity index (χ2n) is 7.20. The molecule has 170 valence electrons. The molecule has 0 bridgehead atoms. The number of rotatable bonds is 9. The maximum atomic E-state index is 12.9. The Morgan fingerprint density at radius 2 is 1.78 bits per heavy atom. The van der Waals surface area contributed by atoms with Crippen LogP contribution in [0.3, 0.4) is 0 Å². The molecule has 9 heteroatoms. The molecule has 6 nitrogen and oxygen atoms in total. The standard InChI is InChI=1S/C23H24Cl2N2O4S/c1-3-21(27(32(2,29)30)17-11-12-19(24)20(25)15-17)23(28)26-13-14-31-22-10-6-8-16-7-4-5-9-18(16)22/h4-12,15,21H,3,13-14H2,1-2H3,(H,26,28)/t21-/m0/s1. The summed E-state index contributed by atoms with van der Waals surface area (Å²) in [6.07, 6.45) is 1.32. The van der Waals surface area contributed by atoms with Gasteiger partial charge >= 0.3 is 0 Å². The van der Waals surface area contributed by atoms with Crippen molar-refractivity contribution in [2.75, 3.05) is 23.7 Å². The first-order valence-corrected chi connectivity index (χ1v) is 12.7. The van der Waals surface area contributed by atoms with Gasteiger partial charge in [0.05, 0.1) is 28.5 Å². The van der Waals surface area contributed by atoms with Gasteiger partial charge in [-0.05, 0) is 36.1 Å². The molecule has 0 heterocycles. The summed E-state index contributed by atoms with van der Waals surface area (Å²) in [7, 11) is -3.76. The van der Waals surface area contributed by atoms with E-state index in [4.69, 9.17) is 27.9 Å². The fraction of sp³-hybridized carbons (Fsp3) is 0.261. The zero-order valence-electron chi connectivity index (χ0n) is 17.7. The molecule has 0 aliphatic carbocycles. The molecule has 0 saturated heterocycles. The fourth-order valence-corrected chi connectivity index (χ4v) is 4.95. The molecule has 3 aromatic carbocycles. The predicted octanol–water partition coefficient (Wildman–Crippen LogP) is 4.89. The number of carbonyl (C=O) groups excluding carboxylic acids is 1. The summed E-state index contributed by atoms with van der Waals surface area (Å²) in [5.74, 6) is 0.295. The Labute approximate surface area is 198 Å². The minimum atomic E-state index is -3.76. The Morgan fingerprint density at radius 1 is 1.06 bits per heavy atom. The van der Waals surface area contributed by atoms with Crippen LogP contribution in [-0.4, -0.2) is 39.8 Å². The van der Waals surface area contributed by atoms with Crippen LogP contribution in [0.1, 0.15) is 13.3 Å². The highest BCUT2D eigenvalue weighted by Crippen LogP contribution is 2.30. The average Bonchev–Trinajstić information content (AvgIpc) is 2.76. The van der Waals surface area contributed by atoms with Crippen molar-refractivity contribution >= 4 is 55.6 Å². The largest absolute Gasteiger partial charge is 0.491 e. The Balaban J connectivity index is 1.69. The Hall–Kier alpha value is -2.48. The number of benzene rings is 3. The monoisotopic (exact) mass is 494 g/mol. The van der Waals surface area contributed by atoms with Crippen LogP contribution in [0.2, 0.25) is 10.0 Å². The van der Waals surface area contributed by atoms with E-state index in [0.29, 0.717) is 5.02 Å². The first kappa shape index (κ1) is 24.2. The molecule has 0 unspecified atom stereocenters. The first-order chi connectivity index (χ1) is 15.2. The van der Waals surface area contributed by atoms with Gasteiger partial charge in [-0.3, -0.25) is 9.10 Å². The van der Waals surface area contributed by atoms with Crippen LogP contribution in [0.15, 0.2) is 60.7 Å². The highest BCUT2D eigenvalue weighted by atomic mass is 35.5. The van der Waals surface area contributed by atoms with Crippen molar-refractivity contribution in [2.24, 2.45) is 0 Å². The summed E-state index contributed by atoms with van der Waals surface area (Å²) in [5, 5.41) is 5.32. The van der Waals surface area contributed by atoms with E-state index in [-0.39, 0.29) is 30.3 Å². The molecular formula is C23H24Cl2N2O4S. The quantitative estimate of drug-likeness (QED) is 0.429. The summed E-state index contributed by atoms with van der Waals surface area (Å²) in [6, 6.07) is 17.2. The average molecular weight is 495 g/mol. The molecule has 32 heavy (non-hydrogen) atoms. The van der Waals surface area contributed by atoms with Crippen LogP contribution in [0, 0.1) is 0 Å². The normalized spacial score (nSPS) is 12.4. The van der Waals surface area contributed by atoms with Gasteiger partial charge in [-0.2, -0.15) is 0 Å². The van der Waals surface area contributed by atoms with Crippen molar-refractivity contribution in [1.82, 2.24) is 5.32 Å².